The van der Waals surface area contributed by atoms with Crippen molar-refractivity contribution in [3.05, 3.63) is 89.4 Å². The number of halogens is 1. The van der Waals surface area contributed by atoms with Crippen molar-refractivity contribution in [1.82, 2.24) is 4.98 Å². The van der Waals surface area contributed by atoms with Gasteiger partial charge in [0.05, 0.1) is 11.2 Å². The zero-order valence-corrected chi connectivity index (χ0v) is 14.1. The minimum Gasteiger partial charge on any atom is -0.248 e. The van der Waals surface area contributed by atoms with Crippen molar-refractivity contribution >= 4 is 22.5 Å². The fraction of sp³-hybridized carbons (Fsp3) is 0.0455. The number of aryl methyl sites for hydroxylation is 1. The largest absolute Gasteiger partial charge is 0.248 e. The number of aromatic nitrogens is 1. The summed E-state index contributed by atoms with van der Waals surface area (Å²) in [6, 6.07) is 26.8. The highest BCUT2D eigenvalue weighted by Gasteiger charge is 2.11. The molecule has 0 amide bonds. The topological polar surface area (TPSA) is 12.9 Å². The number of rotatable bonds is 2. The minimum absolute atomic E-state index is 0.727. The second kappa shape index (κ2) is 6.10. The van der Waals surface area contributed by atoms with E-state index in [-0.39, 0.29) is 0 Å². The molecule has 24 heavy (non-hydrogen) atoms. The molecule has 0 saturated heterocycles. The van der Waals surface area contributed by atoms with Gasteiger partial charge in [0.2, 0.25) is 0 Å². The van der Waals surface area contributed by atoms with Gasteiger partial charge in [0.1, 0.15) is 0 Å². The van der Waals surface area contributed by atoms with Gasteiger partial charge >= 0.3 is 0 Å². The summed E-state index contributed by atoms with van der Waals surface area (Å²) in [7, 11) is 0. The molecule has 0 unspecified atom stereocenters. The summed E-state index contributed by atoms with van der Waals surface area (Å²) in [5.74, 6) is 0. The van der Waals surface area contributed by atoms with Crippen LogP contribution in [-0.4, -0.2) is 4.98 Å². The summed E-state index contributed by atoms with van der Waals surface area (Å²) in [6.45, 7) is 2.12. The van der Waals surface area contributed by atoms with E-state index < -0.39 is 0 Å². The first-order chi connectivity index (χ1) is 11.7. The molecule has 0 N–H and O–H groups in total. The molecule has 3 aromatic carbocycles. The van der Waals surface area contributed by atoms with Crippen LogP contribution in [0.3, 0.4) is 0 Å². The molecule has 1 nitrogen and oxygen atoms in total. The van der Waals surface area contributed by atoms with Crippen molar-refractivity contribution in [1.29, 1.82) is 0 Å². The predicted octanol–water partition coefficient (Wildman–Crippen LogP) is 6.53. The number of nitrogens with zero attached hydrogens (tertiary/aromatic N) is 1. The Morgan fingerprint density at radius 1 is 0.750 bits per heavy atom. The normalized spacial score (nSPS) is 10.9. The first kappa shape index (κ1) is 14.9. The molecule has 116 valence electrons. The van der Waals surface area contributed by atoms with Gasteiger partial charge in [0.15, 0.2) is 0 Å². The van der Waals surface area contributed by atoms with E-state index in [0.717, 1.165) is 32.7 Å². The molecule has 0 aliphatic heterocycles. The zero-order chi connectivity index (χ0) is 16.5. The van der Waals surface area contributed by atoms with Gasteiger partial charge in [-0.1, -0.05) is 66.2 Å². The Morgan fingerprint density at radius 2 is 1.50 bits per heavy atom. The molecular weight excluding hydrogens is 314 g/mol. The smallest absolute Gasteiger partial charge is 0.0718 e. The monoisotopic (exact) mass is 329 g/mol. The molecule has 0 saturated carbocycles. The van der Waals surface area contributed by atoms with E-state index in [0.29, 0.717) is 0 Å². The van der Waals surface area contributed by atoms with Gasteiger partial charge in [0, 0.05) is 16.0 Å². The fourth-order valence-electron chi connectivity index (χ4n) is 3.05. The van der Waals surface area contributed by atoms with Crippen molar-refractivity contribution in [3.8, 4) is 22.4 Å². The van der Waals surface area contributed by atoms with Crippen LogP contribution in [0, 0.1) is 6.92 Å². The Balaban J connectivity index is 2.05. The molecular formula is C22H16ClN. The van der Waals surface area contributed by atoms with Crippen LogP contribution in [0.25, 0.3) is 33.3 Å². The molecule has 0 bridgehead atoms. The van der Waals surface area contributed by atoms with Crippen LogP contribution >= 0.6 is 11.6 Å². The third-order valence-corrected chi connectivity index (χ3v) is 4.51. The SMILES string of the molecule is Cc1ccccc1-c1cc(-c2ccccc2)c2cc(Cl)ccc2n1. The van der Waals surface area contributed by atoms with Gasteiger partial charge in [-0.15, -0.1) is 0 Å². The molecule has 0 atom stereocenters. The number of benzene rings is 3. The van der Waals surface area contributed by atoms with Crippen molar-refractivity contribution in [2.24, 2.45) is 0 Å². The Hall–Kier alpha value is -2.64. The maximum absolute atomic E-state index is 6.23. The van der Waals surface area contributed by atoms with Gasteiger partial charge in [-0.2, -0.15) is 0 Å². The van der Waals surface area contributed by atoms with Crippen LogP contribution in [0.2, 0.25) is 5.02 Å². The standard InChI is InChI=1S/C22H16ClN/c1-15-7-5-6-10-18(15)22-14-19(16-8-3-2-4-9-16)20-13-17(23)11-12-21(20)24-22/h2-14H,1H3. The fourth-order valence-corrected chi connectivity index (χ4v) is 3.22. The van der Waals surface area contributed by atoms with E-state index >= 15 is 0 Å². The zero-order valence-electron chi connectivity index (χ0n) is 13.3. The molecule has 4 rings (SSSR count). The molecule has 4 aromatic rings. The molecule has 0 aliphatic carbocycles. The van der Waals surface area contributed by atoms with Gasteiger partial charge < -0.3 is 0 Å². The van der Waals surface area contributed by atoms with E-state index in [2.05, 4.69) is 61.5 Å². The van der Waals surface area contributed by atoms with Crippen LogP contribution < -0.4 is 0 Å². The van der Waals surface area contributed by atoms with Crippen molar-refractivity contribution in [2.75, 3.05) is 0 Å². The van der Waals surface area contributed by atoms with Crippen molar-refractivity contribution in [2.45, 2.75) is 6.92 Å². The Labute approximate surface area is 146 Å². The quantitative estimate of drug-likeness (QED) is 0.407. The molecule has 1 aromatic heterocycles. The first-order valence-corrected chi connectivity index (χ1v) is 8.32. The summed E-state index contributed by atoms with van der Waals surface area (Å²) < 4.78 is 0. The number of hydrogen-bond acceptors (Lipinski definition) is 1. The second-order valence-electron chi connectivity index (χ2n) is 5.90. The highest BCUT2D eigenvalue weighted by atomic mass is 35.5. The van der Waals surface area contributed by atoms with Gasteiger partial charge in [-0.25, -0.2) is 4.98 Å². The third kappa shape index (κ3) is 2.68. The van der Waals surface area contributed by atoms with Crippen molar-refractivity contribution < 1.29 is 0 Å². The molecule has 0 aliphatic rings. The lowest BCUT2D eigenvalue weighted by atomic mass is 9.97. The molecule has 1 heterocycles. The Bertz CT molecular complexity index is 1020. The minimum atomic E-state index is 0.727. The number of fused-ring (bicyclic) bond motifs is 1. The van der Waals surface area contributed by atoms with Gasteiger partial charge in [0.25, 0.3) is 0 Å². The first-order valence-electron chi connectivity index (χ1n) is 7.94. The van der Waals surface area contributed by atoms with E-state index in [1.54, 1.807) is 0 Å². The number of hydrogen-bond donors (Lipinski definition) is 0. The van der Waals surface area contributed by atoms with Crippen LogP contribution in [0.15, 0.2) is 78.9 Å². The van der Waals surface area contributed by atoms with Crippen LogP contribution in [-0.2, 0) is 0 Å². The van der Waals surface area contributed by atoms with E-state index in [1.807, 2.05) is 24.3 Å². The van der Waals surface area contributed by atoms with Crippen LogP contribution in [0.4, 0.5) is 0 Å². The van der Waals surface area contributed by atoms with Crippen LogP contribution in [0.1, 0.15) is 5.56 Å². The second-order valence-corrected chi connectivity index (χ2v) is 6.33. The lowest BCUT2D eigenvalue weighted by Crippen LogP contribution is -1.91. The Morgan fingerprint density at radius 3 is 2.29 bits per heavy atom. The van der Waals surface area contributed by atoms with E-state index in [9.17, 15) is 0 Å². The third-order valence-electron chi connectivity index (χ3n) is 4.28. The van der Waals surface area contributed by atoms with E-state index in [4.69, 9.17) is 16.6 Å². The lowest BCUT2D eigenvalue weighted by molar-refractivity contribution is 1.36. The average molecular weight is 330 g/mol. The van der Waals surface area contributed by atoms with Gasteiger partial charge in [-0.3, -0.25) is 0 Å². The Kier molecular flexibility index (Phi) is 3.79. The maximum atomic E-state index is 6.23. The highest BCUT2D eigenvalue weighted by Crippen LogP contribution is 2.34. The summed E-state index contributed by atoms with van der Waals surface area (Å²) in [5.41, 5.74) is 6.65. The summed E-state index contributed by atoms with van der Waals surface area (Å²) >= 11 is 6.23. The molecule has 0 fully saturated rings. The molecule has 0 spiro atoms. The van der Waals surface area contributed by atoms with Gasteiger partial charge in [-0.05, 0) is 47.9 Å². The predicted molar refractivity (Wildman–Crippen MR) is 102 cm³/mol. The highest BCUT2D eigenvalue weighted by molar-refractivity contribution is 6.31. The van der Waals surface area contributed by atoms with E-state index in [1.165, 1.54) is 11.1 Å². The van der Waals surface area contributed by atoms with Crippen molar-refractivity contribution in [3.63, 3.8) is 0 Å². The summed E-state index contributed by atoms with van der Waals surface area (Å²) in [4.78, 5) is 4.87. The molecule has 0 radical (unpaired) electrons. The van der Waals surface area contributed by atoms with Crippen LogP contribution in [0.5, 0.6) is 0 Å². The number of pyridine rings is 1. The summed E-state index contributed by atoms with van der Waals surface area (Å²) in [5, 5.41) is 1.80. The average Bonchev–Trinajstić information content (AvgIpc) is 2.62. The lowest BCUT2D eigenvalue weighted by Gasteiger charge is -2.12. The molecule has 2 heteroatoms. The maximum Gasteiger partial charge on any atom is 0.0718 e. The summed E-state index contributed by atoms with van der Waals surface area (Å²) in [6.07, 6.45) is 0.